The molecular weight excluding hydrogens is 360 g/mol. The molecule has 0 radical (unpaired) electrons. The molecule has 3 atom stereocenters. The molecule has 1 unspecified atom stereocenters. The molecule has 2 fully saturated rings. The van der Waals surface area contributed by atoms with Crippen LogP contribution in [0.3, 0.4) is 0 Å². The van der Waals surface area contributed by atoms with Crippen molar-refractivity contribution in [1.82, 2.24) is 10.2 Å². The third kappa shape index (κ3) is 3.68. The second-order valence-electron chi connectivity index (χ2n) is 8.07. The minimum Gasteiger partial charge on any atom is -0.493 e. The fourth-order valence-corrected chi connectivity index (χ4v) is 4.89. The van der Waals surface area contributed by atoms with Crippen molar-refractivity contribution in [1.29, 1.82) is 0 Å². The Labute approximate surface area is 166 Å². The van der Waals surface area contributed by atoms with E-state index in [1.54, 1.807) is 14.2 Å². The average Bonchev–Trinajstić information content (AvgIpc) is 3.19. The Morgan fingerprint density at radius 2 is 2.00 bits per heavy atom. The van der Waals surface area contributed by atoms with Gasteiger partial charge in [0.1, 0.15) is 0 Å². The molecule has 28 heavy (non-hydrogen) atoms. The Hall–Kier alpha value is -2.28. The molecule has 1 aliphatic heterocycles. The number of ether oxygens (including phenoxy) is 2. The molecule has 1 aromatic carbocycles. The number of likely N-dealkylation sites (tertiary alicyclic amines) is 1. The molecular formula is C21H30N2O5. The van der Waals surface area contributed by atoms with Crippen LogP contribution in [0.2, 0.25) is 0 Å². The molecule has 154 valence electrons. The monoisotopic (exact) mass is 390 g/mol. The van der Waals surface area contributed by atoms with Gasteiger partial charge in [0.05, 0.1) is 32.2 Å². The zero-order chi connectivity index (χ0) is 20.5. The summed E-state index contributed by atoms with van der Waals surface area (Å²) in [4.78, 5) is 26.4. The zero-order valence-corrected chi connectivity index (χ0v) is 17.1. The Kier molecular flexibility index (Phi) is 5.84. The van der Waals surface area contributed by atoms with Crippen LogP contribution in [0, 0.1) is 18.3 Å². The SMILES string of the molecule is COc1cc(C)c(C(C)NC(=O)CN2C[C@@H]3CCC[C@@]3(C(=O)O)C2)cc1OC. The largest absolute Gasteiger partial charge is 0.493 e. The van der Waals surface area contributed by atoms with Crippen LogP contribution in [0.25, 0.3) is 0 Å². The Balaban J connectivity index is 1.63. The van der Waals surface area contributed by atoms with Gasteiger partial charge >= 0.3 is 5.97 Å². The molecule has 0 bridgehead atoms. The van der Waals surface area contributed by atoms with Crippen molar-refractivity contribution in [3.05, 3.63) is 23.3 Å². The Morgan fingerprint density at radius 1 is 1.32 bits per heavy atom. The second-order valence-corrected chi connectivity index (χ2v) is 8.07. The van der Waals surface area contributed by atoms with Gasteiger partial charge in [-0.3, -0.25) is 14.5 Å². The summed E-state index contributed by atoms with van der Waals surface area (Å²) in [6, 6.07) is 3.59. The number of methoxy groups -OCH3 is 2. The van der Waals surface area contributed by atoms with Crippen LogP contribution in [-0.2, 0) is 9.59 Å². The predicted molar refractivity (Wildman–Crippen MR) is 105 cm³/mol. The van der Waals surface area contributed by atoms with E-state index in [2.05, 4.69) is 5.32 Å². The molecule has 1 saturated carbocycles. The van der Waals surface area contributed by atoms with Crippen LogP contribution < -0.4 is 14.8 Å². The molecule has 1 amide bonds. The average molecular weight is 390 g/mol. The van der Waals surface area contributed by atoms with E-state index in [-0.39, 0.29) is 24.4 Å². The van der Waals surface area contributed by atoms with Gasteiger partial charge in [-0.1, -0.05) is 6.42 Å². The van der Waals surface area contributed by atoms with Gasteiger partial charge in [-0.2, -0.15) is 0 Å². The van der Waals surface area contributed by atoms with Gasteiger partial charge < -0.3 is 19.9 Å². The molecule has 7 nitrogen and oxygen atoms in total. The Morgan fingerprint density at radius 3 is 2.61 bits per heavy atom. The van der Waals surface area contributed by atoms with Crippen molar-refractivity contribution in [3.63, 3.8) is 0 Å². The maximum Gasteiger partial charge on any atom is 0.311 e. The molecule has 1 aliphatic carbocycles. The fraction of sp³-hybridized carbons (Fsp3) is 0.619. The van der Waals surface area contributed by atoms with Crippen LogP contribution in [0.4, 0.5) is 0 Å². The number of hydrogen-bond acceptors (Lipinski definition) is 5. The second kappa shape index (κ2) is 7.99. The number of carboxylic acid groups (broad SMARTS) is 1. The number of rotatable bonds is 7. The topological polar surface area (TPSA) is 88.1 Å². The van der Waals surface area contributed by atoms with E-state index in [0.29, 0.717) is 31.0 Å². The van der Waals surface area contributed by atoms with Crippen LogP contribution in [-0.4, -0.2) is 55.7 Å². The summed E-state index contributed by atoms with van der Waals surface area (Å²) in [5.74, 6) is 0.627. The number of aliphatic carboxylic acids is 1. The number of aryl methyl sites for hydroxylation is 1. The standard InChI is InChI=1S/C21H30N2O5/c1-13-8-17(27-3)18(28-4)9-16(13)14(2)22-19(24)11-23-10-15-6-5-7-21(15,12-23)20(25)26/h8-9,14-15H,5-7,10-12H2,1-4H3,(H,22,24)(H,25,26)/t14?,15-,21+/m0/s1. The van der Waals surface area contributed by atoms with Gasteiger partial charge in [0.15, 0.2) is 11.5 Å². The summed E-state index contributed by atoms with van der Waals surface area (Å²) in [6.07, 6.45) is 2.62. The molecule has 1 saturated heterocycles. The van der Waals surface area contributed by atoms with E-state index in [9.17, 15) is 14.7 Å². The van der Waals surface area contributed by atoms with E-state index in [1.807, 2.05) is 30.9 Å². The van der Waals surface area contributed by atoms with Gasteiger partial charge in [-0.05, 0) is 55.9 Å². The predicted octanol–water partition coefficient (Wildman–Crippen LogP) is 2.38. The van der Waals surface area contributed by atoms with Crippen molar-refractivity contribution >= 4 is 11.9 Å². The van der Waals surface area contributed by atoms with Gasteiger partial charge in [0.2, 0.25) is 5.91 Å². The van der Waals surface area contributed by atoms with E-state index in [4.69, 9.17) is 9.47 Å². The summed E-state index contributed by atoms with van der Waals surface area (Å²) in [7, 11) is 3.18. The summed E-state index contributed by atoms with van der Waals surface area (Å²) in [6.45, 7) is 5.28. The van der Waals surface area contributed by atoms with Gasteiger partial charge in [0.25, 0.3) is 0 Å². The molecule has 0 spiro atoms. The number of benzene rings is 1. The number of carbonyl (C=O) groups is 2. The van der Waals surface area contributed by atoms with Crippen LogP contribution >= 0.6 is 0 Å². The van der Waals surface area contributed by atoms with E-state index in [1.165, 1.54) is 0 Å². The number of carboxylic acids is 1. The van der Waals surface area contributed by atoms with Crippen molar-refractivity contribution < 1.29 is 24.2 Å². The maximum atomic E-state index is 12.6. The van der Waals surface area contributed by atoms with Crippen LogP contribution in [0.15, 0.2) is 12.1 Å². The third-order valence-electron chi connectivity index (χ3n) is 6.35. The first-order chi connectivity index (χ1) is 13.3. The van der Waals surface area contributed by atoms with Crippen molar-refractivity contribution in [2.75, 3.05) is 33.9 Å². The van der Waals surface area contributed by atoms with Crippen molar-refractivity contribution in [2.24, 2.45) is 11.3 Å². The number of nitrogens with one attached hydrogen (secondary N) is 1. The van der Waals surface area contributed by atoms with Crippen LogP contribution in [0.1, 0.15) is 43.4 Å². The van der Waals surface area contributed by atoms with Gasteiger partial charge in [-0.25, -0.2) is 0 Å². The molecule has 7 heteroatoms. The van der Waals surface area contributed by atoms with E-state index in [0.717, 1.165) is 24.0 Å². The molecule has 1 aromatic rings. The van der Waals surface area contributed by atoms with Crippen LogP contribution in [0.5, 0.6) is 11.5 Å². The summed E-state index contributed by atoms with van der Waals surface area (Å²) < 4.78 is 10.7. The summed E-state index contributed by atoms with van der Waals surface area (Å²) in [5, 5.41) is 12.7. The number of hydrogen-bond donors (Lipinski definition) is 2. The fourth-order valence-electron chi connectivity index (χ4n) is 4.89. The molecule has 3 rings (SSSR count). The highest BCUT2D eigenvalue weighted by molar-refractivity contribution is 5.80. The highest BCUT2D eigenvalue weighted by Crippen LogP contribution is 2.48. The number of amides is 1. The molecule has 2 N–H and O–H groups in total. The van der Waals surface area contributed by atoms with Gasteiger partial charge in [0, 0.05) is 13.1 Å². The van der Waals surface area contributed by atoms with E-state index < -0.39 is 11.4 Å². The lowest BCUT2D eigenvalue weighted by molar-refractivity contribution is -0.149. The maximum absolute atomic E-state index is 12.6. The number of fused-ring (bicyclic) bond motifs is 1. The lowest BCUT2D eigenvalue weighted by Crippen LogP contribution is -2.40. The first kappa shape index (κ1) is 20.5. The summed E-state index contributed by atoms with van der Waals surface area (Å²) >= 11 is 0. The number of nitrogens with zero attached hydrogens (tertiary/aromatic N) is 1. The molecule has 0 aromatic heterocycles. The lowest BCUT2D eigenvalue weighted by Gasteiger charge is -2.24. The van der Waals surface area contributed by atoms with Gasteiger partial charge in [-0.15, -0.1) is 0 Å². The van der Waals surface area contributed by atoms with Crippen molar-refractivity contribution in [3.8, 4) is 11.5 Å². The first-order valence-electron chi connectivity index (χ1n) is 9.78. The third-order valence-corrected chi connectivity index (χ3v) is 6.35. The van der Waals surface area contributed by atoms with Crippen molar-refractivity contribution in [2.45, 2.75) is 39.2 Å². The smallest absolute Gasteiger partial charge is 0.311 e. The Bertz CT molecular complexity index is 765. The summed E-state index contributed by atoms with van der Waals surface area (Å²) in [5.41, 5.74) is 1.31. The van der Waals surface area contributed by atoms with E-state index >= 15 is 0 Å². The highest BCUT2D eigenvalue weighted by Gasteiger charge is 2.54. The zero-order valence-electron chi connectivity index (χ0n) is 17.1. The minimum absolute atomic E-state index is 0.0952. The highest BCUT2D eigenvalue weighted by atomic mass is 16.5. The quantitative estimate of drug-likeness (QED) is 0.743. The number of carbonyl (C=O) groups excluding carboxylic acids is 1. The molecule has 2 aliphatic rings. The minimum atomic E-state index is -0.716. The lowest BCUT2D eigenvalue weighted by atomic mass is 9.81. The first-order valence-corrected chi connectivity index (χ1v) is 9.78. The normalized spacial score (nSPS) is 25.2. The molecule has 1 heterocycles.